The van der Waals surface area contributed by atoms with E-state index in [9.17, 15) is 8.42 Å². The highest BCUT2D eigenvalue weighted by Crippen LogP contribution is 2.22. The topological polar surface area (TPSA) is 71.1 Å². The molecule has 0 atom stereocenters. The van der Waals surface area contributed by atoms with Crippen molar-refractivity contribution < 1.29 is 12.8 Å². The number of benzene rings is 1. The first kappa shape index (κ1) is 13.6. The molecule has 0 unspecified atom stereocenters. The van der Waals surface area contributed by atoms with E-state index in [1.807, 2.05) is 0 Å². The normalized spacial score (nSPS) is 12.1. The number of nitrogens with zero attached hydrogens (tertiary/aromatic N) is 1. The van der Waals surface area contributed by atoms with Crippen LogP contribution in [0.25, 0.3) is 6.08 Å². The molecule has 4 nitrogen and oxygen atoms in total. The molecule has 2 aromatic rings. The van der Waals surface area contributed by atoms with Crippen LogP contribution in [0.2, 0.25) is 0 Å². The summed E-state index contributed by atoms with van der Waals surface area (Å²) in [6.45, 7) is 0. The van der Waals surface area contributed by atoms with Crippen LogP contribution in [0.1, 0.15) is 5.76 Å². The first-order chi connectivity index (χ1) is 9.04. The Balaban J connectivity index is 2.49. The van der Waals surface area contributed by atoms with Crippen molar-refractivity contribution in [1.29, 1.82) is 5.26 Å². The van der Waals surface area contributed by atoms with E-state index in [0.717, 1.165) is 0 Å². The minimum atomic E-state index is -3.82. The molecular formula is C13H8BrNO3S. The Morgan fingerprint density at radius 2 is 1.89 bits per heavy atom. The van der Waals surface area contributed by atoms with Gasteiger partial charge in [0.1, 0.15) is 11.8 Å². The summed E-state index contributed by atoms with van der Waals surface area (Å²) >= 11 is 3.11. The third-order valence-electron chi connectivity index (χ3n) is 2.32. The molecule has 0 saturated heterocycles. The summed E-state index contributed by atoms with van der Waals surface area (Å²) in [5, 5.41) is 9.04. The molecule has 1 aromatic heterocycles. The highest BCUT2D eigenvalue weighted by Gasteiger charge is 2.20. The van der Waals surface area contributed by atoms with Crippen LogP contribution >= 0.6 is 15.9 Å². The van der Waals surface area contributed by atoms with Gasteiger partial charge in [-0.1, -0.05) is 18.2 Å². The van der Waals surface area contributed by atoms with Crippen molar-refractivity contribution in [1.82, 2.24) is 0 Å². The Bertz CT molecular complexity index is 755. The lowest BCUT2D eigenvalue weighted by Crippen LogP contribution is -2.03. The van der Waals surface area contributed by atoms with Crippen LogP contribution in [-0.4, -0.2) is 8.42 Å². The molecule has 0 radical (unpaired) electrons. The maximum atomic E-state index is 12.2. The average molecular weight is 338 g/mol. The summed E-state index contributed by atoms with van der Waals surface area (Å²) in [6, 6.07) is 12.7. The summed E-state index contributed by atoms with van der Waals surface area (Å²) in [4.78, 5) is -0.283. The van der Waals surface area contributed by atoms with Crippen LogP contribution in [0.5, 0.6) is 0 Å². The minimum Gasteiger partial charge on any atom is -0.450 e. The van der Waals surface area contributed by atoms with Gasteiger partial charge in [-0.2, -0.15) is 5.26 Å². The molecular weight excluding hydrogens is 330 g/mol. The van der Waals surface area contributed by atoms with E-state index in [1.54, 1.807) is 36.4 Å². The fraction of sp³-hybridized carbons (Fsp3) is 0. The Kier molecular flexibility index (Phi) is 3.88. The Morgan fingerprint density at radius 3 is 2.42 bits per heavy atom. The number of halogens is 1. The predicted molar refractivity (Wildman–Crippen MR) is 73.6 cm³/mol. The molecule has 0 spiro atoms. The zero-order valence-electron chi connectivity index (χ0n) is 9.58. The van der Waals surface area contributed by atoms with Crippen LogP contribution in [-0.2, 0) is 9.84 Å². The largest absolute Gasteiger partial charge is 0.450 e. The second-order valence-corrected chi connectivity index (χ2v) is 6.28. The second-order valence-electron chi connectivity index (χ2n) is 3.58. The molecule has 0 bridgehead atoms. The van der Waals surface area contributed by atoms with Crippen molar-refractivity contribution in [2.45, 2.75) is 4.90 Å². The van der Waals surface area contributed by atoms with E-state index in [-0.39, 0.29) is 9.80 Å². The van der Waals surface area contributed by atoms with E-state index < -0.39 is 9.84 Å². The zero-order chi connectivity index (χ0) is 13.9. The Hall–Kier alpha value is -1.84. The predicted octanol–water partition coefficient (Wildman–Crippen LogP) is 3.38. The standard InChI is InChI=1S/C13H8BrNO3S/c14-13-7-6-10(18-13)8-12(9-15)19(16,17)11-4-2-1-3-5-11/h1-8H. The molecule has 0 aliphatic carbocycles. The van der Waals surface area contributed by atoms with Crippen molar-refractivity contribution >= 4 is 31.8 Å². The SMILES string of the molecule is N#CC(=Cc1ccc(Br)o1)S(=O)(=O)c1ccccc1. The molecule has 0 fully saturated rings. The first-order valence-corrected chi connectivity index (χ1v) is 7.49. The van der Waals surface area contributed by atoms with Gasteiger partial charge in [-0.3, -0.25) is 0 Å². The lowest BCUT2D eigenvalue weighted by molar-refractivity contribution is 0.531. The second kappa shape index (κ2) is 5.43. The van der Waals surface area contributed by atoms with E-state index in [2.05, 4.69) is 15.9 Å². The van der Waals surface area contributed by atoms with Gasteiger partial charge in [-0.15, -0.1) is 0 Å². The summed E-state index contributed by atoms with van der Waals surface area (Å²) in [5.74, 6) is 0.294. The smallest absolute Gasteiger partial charge is 0.216 e. The summed E-state index contributed by atoms with van der Waals surface area (Å²) in [6.07, 6.45) is 1.20. The first-order valence-electron chi connectivity index (χ1n) is 5.21. The summed E-state index contributed by atoms with van der Waals surface area (Å²) < 4.78 is 30.1. The van der Waals surface area contributed by atoms with Gasteiger partial charge < -0.3 is 4.42 Å². The van der Waals surface area contributed by atoms with E-state index >= 15 is 0 Å². The van der Waals surface area contributed by atoms with Crippen LogP contribution in [0.15, 0.2) is 61.4 Å². The van der Waals surface area contributed by atoms with E-state index in [0.29, 0.717) is 10.4 Å². The summed E-state index contributed by atoms with van der Waals surface area (Å²) in [7, 11) is -3.82. The maximum absolute atomic E-state index is 12.2. The third-order valence-corrected chi connectivity index (χ3v) is 4.43. The van der Waals surface area contributed by atoms with Crippen molar-refractivity contribution in [3.05, 3.63) is 57.8 Å². The molecule has 0 aliphatic heterocycles. The number of rotatable bonds is 3. The Morgan fingerprint density at radius 1 is 1.21 bits per heavy atom. The van der Waals surface area contributed by atoms with Crippen molar-refractivity contribution in [2.75, 3.05) is 0 Å². The molecule has 96 valence electrons. The number of allylic oxidation sites excluding steroid dienone is 1. The van der Waals surface area contributed by atoms with Crippen molar-refractivity contribution in [2.24, 2.45) is 0 Å². The van der Waals surface area contributed by atoms with Gasteiger partial charge in [0.25, 0.3) is 0 Å². The van der Waals surface area contributed by atoms with Crippen LogP contribution in [0.4, 0.5) is 0 Å². The molecule has 1 heterocycles. The lowest BCUT2D eigenvalue weighted by Gasteiger charge is -2.01. The van der Waals surface area contributed by atoms with E-state index in [4.69, 9.17) is 9.68 Å². The van der Waals surface area contributed by atoms with Crippen LogP contribution in [0, 0.1) is 11.3 Å². The quantitative estimate of drug-likeness (QED) is 0.805. The van der Waals surface area contributed by atoms with Gasteiger partial charge >= 0.3 is 0 Å². The molecule has 0 aliphatic rings. The van der Waals surface area contributed by atoms with Gasteiger partial charge in [0.15, 0.2) is 9.57 Å². The molecule has 0 amide bonds. The average Bonchev–Trinajstić information content (AvgIpc) is 2.82. The fourth-order valence-corrected chi connectivity index (χ4v) is 2.91. The number of nitriles is 1. The maximum Gasteiger partial charge on any atom is 0.216 e. The van der Waals surface area contributed by atoms with Crippen LogP contribution in [0.3, 0.4) is 0 Å². The molecule has 19 heavy (non-hydrogen) atoms. The highest BCUT2D eigenvalue weighted by atomic mass is 79.9. The minimum absolute atomic E-state index is 0.0772. The third kappa shape index (κ3) is 2.95. The number of hydrogen-bond acceptors (Lipinski definition) is 4. The lowest BCUT2D eigenvalue weighted by atomic mass is 10.4. The molecule has 1 aromatic carbocycles. The molecule has 0 saturated carbocycles. The number of furan rings is 1. The molecule has 0 N–H and O–H groups in total. The number of hydrogen-bond donors (Lipinski definition) is 0. The Labute approximate surface area is 119 Å². The van der Waals surface area contributed by atoms with Crippen molar-refractivity contribution in [3.8, 4) is 6.07 Å². The van der Waals surface area contributed by atoms with Gasteiger partial charge in [-0.05, 0) is 40.2 Å². The number of sulfone groups is 1. The van der Waals surface area contributed by atoms with Gasteiger partial charge in [0, 0.05) is 6.08 Å². The molecule has 6 heteroatoms. The fourth-order valence-electron chi connectivity index (χ4n) is 1.43. The highest BCUT2D eigenvalue weighted by molar-refractivity contribution is 9.10. The van der Waals surface area contributed by atoms with Gasteiger partial charge in [0.2, 0.25) is 9.84 Å². The molecule has 2 rings (SSSR count). The summed E-state index contributed by atoms with van der Waals surface area (Å²) in [5.41, 5.74) is 0. The van der Waals surface area contributed by atoms with Gasteiger partial charge in [0.05, 0.1) is 4.90 Å². The van der Waals surface area contributed by atoms with Crippen LogP contribution < -0.4 is 0 Å². The van der Waals surface area contributed by atoms with Gasteiger partial charge in [-0.25, -0.2) is 8.42 Å². The van der Waals surface area contributed by atoms with Crippen molar-refractivity contribution in [3.63, 3.8) is 0 Å². The van der Waals surface area contributed by atoms with E-state index in [1.165, 1.54) is 18.2 Å². The monoisotopic (exact) mass is 337 g/mol. The zero-order valence-corrected chi connectivity index (χ0v) is 12.0.